The molecule has 0 aliphatic carbocycles. The fraction of sp³-hybridized carbons (Fsp3) is 0.273. The van der Waals surface area contributed by atoms with E-state index in [-0.39, 0.29) is 0 Å². The van der Waals surface area contributed by atoms with Gasteiger partial charge in [0.25, 0.3) is 0 Å². The minimum Gasteiger partial charge on any atom is -0.440 e. The Bertz CT molecular complexity index is 367. The summed E-state index contributed by atoms with van der Waals surface area (Å²) >= 11 is 0. The van der Waals surface area contributed by atoms with Crippen LogP contribution >= 0.6 is 0 Å². The van der Waals surface area contributed by atoms with Gasteiger partial charge in [-0.05, 0) is 19.1 Å². The average molecular weight is 189 g/mol. The average Bonchev–Trinajstić information content (AvgIpc) is 2.18. The summed E-state index contributed by atoms with van der Waals surface area (Å²) in [6.45, 7) is 2.95. The van der Waals surface area contributed by atoms with Gasteiger partial charge < -0.3 is 4.74 Å². The minimum absolute atomic E-state index is 0.420. The van der Waals surface area contributed by atoms with E-state index in [9.17, 15) is 4.79 Å². The van der Waals surface area contributed by atoms with E-state index in [0.29, 0.717) is 5.69 Å². The van der Waals surface area contributed by atoms with Crippen molar-refractivity contribution in [2.75, 3.05) is 0 Å². The summed E-state index contributed by atoms with van der Waals surface area (Å²) in [6.07, 6.45) is 6.93. The van der Waals surface area contributed by atoms with Crippen LogP contribution in [-0.2, 0) is 15.1 Å². The standard InChI is InChI=1S/C11H11NO2/c1-4-11(3,14-9(2)13)10-7-5-6-8-12-10/h1,5-8H,2-3H3. The van der Waals surface area contributed by atoms with E-state index < -0.39 is 11.6 Å². The molecule has 0 aliphatic rings. The molecule has 1 heterocycles. The highest BCUT2D eigenvalue weighted by Crippen LogP contribution is 2.22. The Labute approximate surface area is 83.1 Å². The molecule has 1 unspecified atom stereocenters. The molecule has 0 saturated heterocycles. The van der Waals surface area contributed by atoms with Crippen molar-refractivity contribution in [2.45, 2.75) is 19.4 Å². The van der Waals surface area contributed by atoms with Crippen molar-refractivity contribution in [1.82, 2.24) is 4.98 Å². The van der Waals surface area contributed by atoms with Crippen LogP contribution in [0.4, 0.5) is 0 Å². The molecule has 0 spiro atoms. The predicted octanol–water partition coefficient (Wildman–Crippen LogP) is 1.49. The van der Waals surface area contributed by atoms with Gasteiger partial charge in [0.2, 0.25) is 5.60 Å². The Hall–Kier alpha value is -1.82. The smallest absolute Gasteiger partial charge is 0.304 e. The van der Waals surface area contributed by atoms with Crippen molar-refractivity contribution in [2.24, 2.45) is 0 Å². The van der Waals surface area contributed by atoms with E-state index in [0.717, 1.165) is 0 Å². The molecule has 1 rings (SSSR count). The first kappa shape index (κ1) is 10.3. The molecule has 14 heavy (non-hydrogen) atoms. The maximum atomic E-state index is 10.8. The number of rotatable bonds is 2. The number of carbonyl (C=O) groups is 1. The van der Waals surface area contributed by atoms with Crippen molar-refractivity contribution in [1.29, 1.82) is 0 Å². The third-order valence-corrected chi connectivity index (χ3v) is 1.78. The summed E-state index contributed by atoms with van der Waals surface area (Å²) in [5.41, 5.74) is -0.523. The maximum absolute atomic E-state index is 10.8. The quantitative estimate of drug-likeness (QED) is 0.522. The van der Waals surface area contributed by atoms with Crippen molar-refractivity contribution in [3.63, 3.8) is 0 Å². The van der Waals surface area contributed by atoms with Crippen LogP contribution < -0.4 is 0 Å². The molecule has 1 atom stereocenters. The van der Waals surface area contributed by atoms with E-state index >= 15 is 0 Å². The fourth-order valence-corrected chi connectivity index (χ4v) is 1.09. The molecule has 0 aromatic carbocycles. The van der Waals surface area contributed by atoms with Crippen molar-refractivity contribution < 1.29 is 9.53 Å². The summed E-state index contributed by atoms with van der Waals surface area (Å²) < 4.78 is 5.04. The molecule has 72 valence electrons. The minimum atomic E-state index is -1.08. The lowest BCUT2D eigenvalue weighted by atomic mass is 10.0. The summed E-state index contributed by atoms with van der Waals surface area (Å²) in [5.74, 6) is 2.00. The monoisotopic (exact) mass is 189 g/mol. The highest BCUT2D eigenvalue weighted by Gasteiger charge is 2.28. The van der Waals surface area contributed by atoms with Gasteiger partial charge in [0.05, 0.1) is 5.69 Å². The van der Waals surface area contributed by atoms with Crippen molar-refractivity contribution in [3.8, 4) is 12.3 Å². The number of pyridine rings is 1. The first-order valence-electron chi connectivity index (χ1n) is 4.17. The number of carbonyl (C=O) groups excluding carboxylic acids is 1. The molecule has 0 saturated carbocycles. The molecular formula is C11H11NO2. The van der Waals surface area contributed by atoms with Crippen LogP contribution in [0.1, 0.15) is 19.5 Å². The zero-order valence-electron chi connectivity index (χ0n) is 8.15. The molecule has 0 N–H and O–H groups in total. The molecule has 1 aromatic rings. The third kappa shape index (κ3) is 2.11. The van der Waals surface area contributed by atoms with Gasteiger partial charge in [-0.25, -0.2) is 0 Å². The predicted molar refractivity (Wildman–Crippen MR) is 52.2 cm³/mol. The fourth-order valence-electron chi connectivity index (χ4n) is 1.09. The van der Waals surface area contributed by atoms with Crippen LogP contribution in [0.3, 0.4) is 0 Å². The van der Waals surface area contributed by atoms with Crippen LogP contribution in [0.2, 0.25) is 0 Å². The summed E-state index contributed by atoms with van der Waals surface area (Å²) in [4.78, 5) is 14.9. The van der Waals surface area contributed by atoms with Crippen molar-refractivity contribution in [3.05, 3.63) is 30.1 Å². The molecule has 0 radical (unpaired) electrons. The largest absolute Gasteiger partial charge is 0.440 e. The molecule has 3 nitrogen and oxygen atoms in total. The highest BCUT2D eigenvalue weighted by atomic mass is 16.6. The van der Waals surface area contributed by atoms with Gasteiger partial charge in [-0.3, -0.25) is 9.78 Å². The zero-order valence-corrected chi connectivity index (χ0v) is 8.15. The van der Waals surface area contributed by atoms with Gasteiger partial charge >= 0.3 is 5.97 Å². The van der Waals surface area contributed by atoms with Crippen LogP contribution in [-0.4, -0.2) is 11.0 Å². The van der Waals surface area contributed by atoms with Crippen LogP contribution in [0.5, 0.6) is 0 Å². The van der Waals surface area contributed by atoms with E-state index in [2.05, 4.69) is 10.9 Å². The van der Waals surface area contributed by atoms with Gasteiger partial charge in [-0.15, -0.1) is 6.42 Å². The molecule has 0 bridgehead atoms. The van der Waals surface area contributed by atoms with E-state index in [1.165, 1.54) is 6.92 Å². The van der Waals surface area contributed by atoms with Gasteiger partial charge in [-0.1, -0.05) is 12.0 Å². The number of aromatic nitrogens is 1. The van der Waals surface area contributed by atoms with Gasteiger partial charge in [0, 0.05) is 13.1 Å². The number of esters is 1. The van der Waals surface area contributed by atoms with Gasteiger partial charge in [-0.2, -0.15) is 0 Å². The number of terminal acetylenes is 1. The second-order valence-corrected chi connectivity index (χ2v) is 2.99. The Morgan fingerprint density at radius 2 is 2.36 bits per heavy atom. The Balaban J connectivity index is 3.03. The number of nitrogens with zero attached hydrogens (tertiary/aromatic N) is 1. The van der Waals surface area contributed by atoms with E-state index in [1.54, 1.807) is 31.3 Å². The van der Waals surface area contributed by atoms with Crippen LogP contribution in [0.25, 0.3) is 0 Å². The maximum Gasteiger partial charge on any atom is 0.304 e. The summed E-state index contributed by atoms with van der Waals surface area (Å²) in [6, 6.07) is 5.29. The lowest BCUT2D eigenvalue weighted by Gasteiger charge is -2.22. The number of hydrogen-bond donors (Lipinski definition) is 0. The van der Waals surface area contributed by atoms with Crippen LogP contribution in [0.15, 0.2) is 24.4 Å². The molecule has 0 aliphatic heterocycles. The van der Waals surface area contributed by atoms with E-state index in [1.807, 2.05) is 0 Å². The van der Waals surface area contributed by atoms with Crippen LogP contribution in [0, 0.1) is 12.3 Å². The lowest BCUT2D eigenvalue weighted by Crippen LogP contribution is -2.27. The van der Waals surface area contributed by atoms with Crippen molar-refractivity contribution >= 4 is 5.97 Å². The molecular weight excluding hydrogens is 178 g/mol. The topological polar surface area (TPSA) is 39.2 Å². The molecule has 3 heteroatoms. The lowest BCUT2D eigenvalue weighted by molar-refractivity contribution is -0.151. The van der Waals surface area contributed by atoms with Gasteiger partial charge in [0.1, 0.15) is 0 Å². The zero-order chi connectivity index (χ0) is 10.6. The highest BCUT2D eigenvalue weighted by molar-refractivity contribution is 5.67. The Morgan fingerprint density at radius 1 is 1.64 bits per heavy atom. The first-order chi connectivity index (χ1) is 6.58. The van der Waals surface area contributed by atoms with Gasteiger partial charge in [0.15, 0.2) is 0 Å². The SMILES string of the molecule is C#CC(C)(OC(C)=O)c1ccccn1. The molecule has 0 fully saturated rings. The Kier molecular flexibility index (Phi) is 2.88. The number of hydrogen-bond acceptors (Lipinski definition) is 3. The second-order valence-electron chi connectivity index (χ2n) is 2.99. The number of ether oxygens (including phenoxy) is 1. The normalized spacial score (nSPS) is 13.8. The third-order valence-electron chi connectivity index (χ3n) is 1.78. The molecule has 1 aromatic heterocycles. The Morgan fingerprint density at radius 3 is 2.79 bits per heavy atom. The first-order valence-corrected chi connectivity index (χ1v) is 4.17. The summed E-state index contributed by atoms with van der Waals surface area (Å²) in [5, 5.41) is 0. The molecule has 0 amide bonds. The van der Waals surface area contributed by atoms with E-state index in [4.69, 9.17) is 11.2 Å². The second kappa shape index (κ2) is 3.93. The summed E-state index contributed by atoms with van der Waals surface area (Å²) in [7, 11) is 0.